The molecule has 7 heteroatoms. The zero-order valence-corrected chi connectivity index (χ0v) is 9.95. The molecule has 0 heterocycles. The lowest BCUT2D eigenvalue weighted by Crippen LogP contribution is -2.23. The lowest BCUT2D eigenvalue weighted by molar-refractivity contribution is -0.139. The minimum Gasteiger partial charge on any atom is -0.389 e. The smallest absolute Gasteiger partial charge is 0.389 e. The van der Waals surface area contributed by atoms with Gasteiger partial charge < -0.3 is 10.2 Å². The zero-order valence-electron chi connectivity index (χ0n) is 9.05. The van der Waals surface area contributed by atoms with Gasteiger partial charge in [0, 0.05) is 11.3 Å². The summed E-state index contributed by atoms with van der Waals surface area (Å²) < 4.78 is 38.3. The minimum atomic E-state index is -4.72. The van der Waals surface area contributed by atoms with Crippen LogP contribution >= 0.6 is 12.6 Å². The highest BCUT2D eigenvalue weighted by atomic mass is 32.1. The van der Waals surface area contributed by atoms with E-state index in [1.54, 1.807) is 0 Å². The first-order valence-corrected chi connectivity index (χ1v) is 5.57. The van der Waals surface area contributed by atoms with Gasteiger partial charge >= 0.3 is 6.18 Å². The first-order valence-electron chi connectivity index (χ1n) is 4.94. The quantitative estimate of drug-likeness (QED) is 0.582. The van der Waals surface area contributed by atoms with E-state index in [1.807, 2.05) is 0 Å². The van der Waals surface area contributed by atoms with Crippen LogP contribution in [0.1, 0.15) is 27.6 Å². The molecular weight excluding hydrogens is 269 g/mol. The van der Waals surface area contributed by atoms with Crippen molar-refractivity contribution in [1.29, 1.82) is 0 Å². The topological polar surface area (TPSA) is 57.5 Å². The number of rotatable bonds is 4. The number of aldehydes is 1. The number of benzene rings is 1. The van der Waals surface area contributed by atoms with Crippen LogP contribution in [0.3, 0.4) is 0 Å². The van der Waals surface area contributed by atoms with Crippen LogP contribution in [0.4, 0.5) is 13.2 Å². The predicted octanol–water partition coefficient (Wildman–Crippen LogP) is 1.84. The summed E-state index contributed by atoms with van der Waals surface area (Å²) in [6.45, 7) is 0. The molecule has 18 heavy (non-hydrogen) atoms. The van der Waals surface area contributed by atoms with Crippen LogP contribution in [0.25, 0.3) is 0 Å². The summed E-state index contributed by atoms with van der Waals surface area (Å²) in [7, 11) is 0. The Morgan fingerprint density at radius 3 is 2.39 bits per heavy atom. The van der Waals surface area contributed by atoms with Crippen LogP contribution in [0.5, 0.6) is 0 Å². The number of alkyl halides is 3. The van der Waals surface area contributed by atoms with Gasteiger partial charge in [0.05, 0.1) is 11.7 Å². The Morgan fingerprint density at radius 2 is 1.94 bits per heavy atom. The first kappa shape index (κ1) is 15.0. The molecule has 0 fully saturated rings. The van der Waals surface area contributed by atoms with E-state index in [4.69, 9.17) is 0 Å². The molecule has 2 N–H and O–H groups in total. The number of aliphatic hydroxyl groups excluding tert-OH is 2. The first-order chi connectivity index (χ1) is 8.31. The molecule has 1 rings (SSSR count). The molecule has 0 aliphatic rings. The maximum absolute atomic E-state index is 12.8. The van der Waals surface area contributed by atoms with E-state index >= 15 is 0 Å². The average molecular weight is 280 g/mol. The molecule has 0 aliphatic heterocycles. The van der Waals surface area contributed by atoms with Crippen molar-refractivity contribution < 1.29 is 28.2 Å². The third kappa shape index (κ3) is 3.24. The van der Waals surface area contributed by atoms with Gasteiger partial charge in [0.15, 0.2) is 0 Å². The number of carbonyl (C=O) groups is 1. The molecule has 0 spiro atoms. The van der Waals surface area contributed by atoms with E-state index < -0.39 is 29.5 Å². The SMILES string of the molecule is O=Cc1ccc(C(O)C(O)CS)c(C(F)(F)F)c1. The van der Waals surface area contributed by atoms with E-state index in [-0.39, 0.29) is 17.6 Å². The average Bonchev–Trinajstić information content (AvgIpc) is 2.35. The highest BCUT2D eigenvalue weighted by Gasteiger charge is 2.36. The van der Waals surface area contributed by atoms with Gasteiger partial charge in [-0.15, -0.1) is 0 Å². The highest BCUT2D eigenvalue weighted by molar-refractivity contribution is 7.80. The molecule has 100 valence electrons. The van der Waals surface area contributed by atoms with E-state index in [0.29, 0.717) is 6.07 Å². The molecule has 2 unspecified atom stereocenters. The van der Waals surface area contributed by atoms with Crippen molar-refractivity contribution in [3.05, 3.63) is 34.9 Å². The normalized spacial score (nSPS) is 15.2. The van der Waals surface area contributed by atoms with Gasteiger partial charge in [-0.05, 0) is 11.6 Å². The van der Waals surface area contributed by atoms with Crippen LogP contribution in [-0.4, -0.2) is 28.4 Å². The van der Waals surface area contributed by atoms with Crippen molar-refractivity contribution >= 4 is 18.9 Å². The number of hydrogen-bond donors (Lipinski definition) is 3. The van der Waals surface area contributed by atoms with E-state index in [1.165, 1.54) is 0 Å². The number of aliphatic hydroxyl groups is 2. The molecule has 0 saturated carbocycles. The maximum Gasteiger partial charge on any atom is 0.416 e. The molecule has 0 radical (unpaired) electrons. The van der Waals surface area contributed by atoms with Crippen molar-refractivity contribution in [1.82, 2.24) is 0 Å². The van der Waals surface area contributed by atoms with Crippen LogP contribution in [0.15, 0.2) is 18.2 Å². The van der Waals surface area contributed by atoms with Gasteiger partial charge in [-0.3, -0.25) is 4.79 Å². The van der Waals surface area contributed by atoms with Crippen molar-refractivity contribution in [2.45, 2.75) is 18.4 Å². The fourth-order valence-corrected chi connectivity index (χ4v) is 1.66. The minimum absolute atomic E-state index is 0.154. The Labute approximate surface area is 107 Å². The summed E-state index contributed by atoms with van der Waals surface area (Å²) in [6.07, 6.45) is -7.57. The second-order valence-corrected chi connectivity index (χ2v) is 4.02. The van der Waals surface area contributed by atoms with Gasteiger partial charge in [0.25, 0.3) is 0 Å². The molecule has 0 saturated heterocycles. The van der Waals surface area contributed by atoms with Crippen molar-refractivity contribution in [3.8, 4) is 0 Å². The molecular formula is C11H11F3O3S. The van der Waals surface area contributed by atoms with Gasteiger partial charge in [0.2, 0.25) is 0 Å². The Balaban J connectivity index is 3.30. The lowest BCUT2D eigenvalue weighted by Gasteiger charge is -2.21. The fourth-order valence-electron chi connectivity index (χ4n) is 1.46. The molecule has 3 nitrogen and oxygen atoms in total. The molecule has 0 aromatic heterocycles. The largest absolute Gasteiger partial charge is 0.416 e. The second-order valence-electron chi connectivity index (χ2n) is 3.66. The number of halogens is 3. The van der Waals surface area contributed by atoms with E-state index in [9.17, 15) is 28.2 Å². The Bertz CT molecular complexity index is 434. The number of thiol groups is 1. The zero-order chi connectivity index (χ0) is 13.9. The Hall–Kier alpha value is -1.05. The standard InChI is InChI=1S/C11H11F3O3S/c12-11(13,14)8-3-6(4-15)1-2-7(8)10(17)9(16)5-18/h1-4,9-10,16-18H,5H2. The summed E-state index contributed by atoms with van der Waals surface area (Å²) >= 11 is 3.70. The molecule has 1 aromatic rings. The van der Waals surface area contributed by atoms with Crippen LogP contribution in [0, 0.1) is 0 Å². The van der Waals surface area contributed by atoms with Gasteiger partial charge in [-0.25, -0.2) is 0 Å². The Morgan fingerprint density at radius 1 is 1.33 bits per heavy atom. The molecule has 0 aliphatic carbocycles. The third-order valence-electron chi connectivity index (χ3n) is 2.39. The number of carbonyl (C=O) groups excluding carboxylic acids is 1. The van der Waals surface area contributed by atoms with Crippen molar-refractivity contribution in [2.24, 2.45) is 0 Å². The molecule has 1 aromatic carbocycles. The maximum atomic E-state index is 12.8. The summed E-state index contributed by atoms with van der Waals surface area (Å²) in [4.78, 5) is 10.5. The van der Waals surface area contributed by atoms with Crippen LogP contribution in [-0.2, 0) is 6.18 Å². The predicted molar refractivity (Wildman–Crippen MR) is 61.7 cm³/mol. The highest BCUT2D eigenvalue weighted by Crippen LogP contribution is 2.36. The molecule has 2 atom stereocenters. The summed E-state index contributed by atoms with van der Waals surface area (Å²) in [5.74, 6) is -0.187. The lowest BCUT2D eigenvalue weighted by atomic mass is 9.97. The summed E-state index contributed by atoms with van der Waals surface area (Å²) in [5, 5.41) is 18.9. The van der Waals surface area contributed by atoms with E-state index in [0.717, 1.165) is 12.1 Å². The van der Waals surface area contributed by atoms with Crippen LogP contribution < -0.4 is 0 Å². The van der Waals surface area contributed by atoms with Gasteiger partial charge in [-0.1, -0.05) is 12.1 Å². The molecule has 0 bridgehead atoms. The summed E-state index contributed by atoms with van der Waals surface area (Å²) in [6, 6.07) is 2.76. The monoisotopic (exact) mass is 280 g/mol. The van der Waals surface area contributed by atoms with Gasteiger partial charge in [0.1, 0.15) is 12.4 Å². The van der Waals surface area contributed by atoms with Crippen LogP contribution in [0.2, 0.25) is 0 Å². The van der Waals surface area contributed by atoms with E-state index in [2.05, 4.69) is 12.6 Å². The number of hydrogen-bond acceptors (Lipinski definition) is 4. The molecule has 0 amide bonds. The van der Waals surface area contributed by atoms with Crippen molar-refractivity contribution in [3.63, 3.8) is 0 Å². The van der Waals surface area contributed by atoms with Crippen molar-refractivity contribution in [2.75, 3.05) is 5.75 Å². The Kier molecular flexibility index (Phi) is 4.78. The fraction of sp³-hybridized carbons (Fsp3) is 0.364. The van der Waals surface area contributed by atoms with Gasteiger partial charge in [-0.2, -0.15) is 25.8 Å². The second kappa shape index (κ2) is 5.73. The summed E-state index contributed by atoms with van der Waals surface area (Å²) in [5.41, 5.74) is -1.77. The third-order valence-corrected chi connectivity index (χ3v) is 2.76.